The highest BCUT2D eigenvalue weighted by atomic mass is 19.1. The Kier molecular flexibility index (Phi) is 4.97. The van der Waals surface area contributed by atoms with Crippen LogP contribution in [0.15, 0.2) is 42.5 Å². The van der Waals surface area contributed by atoms with Crippen molar-refractivity contribution >= 4 is 22.7 Å². The summed E-state index contributed by atoms with van der Waals surface area (Å²) in [4.78, 5) is 23.6. The van der Waals surface area contributed by atoms with Gasteiger partial charge in [0.25, 0.3) is 5.91 Å². The van der Waals surface area contributed by atoms with Crippen LogP contribution in [0.1, 0.15) is 16.8 Å². The molecule has 0 fully saturated rings. The molecule has 0 saturated carbocycles. The van der Waals surface area contributed by atoms with Crippen molar-refractivity contribution in [2.75, 3.05) is 13.6 Å². The number of hydrogen-bond acceptors (Lipinski definition) is 3. The maximum absolute atomic E-state index is 13.2. The van der Waals surface area contributed by atoms with E-state index in [0.29, 0.717) is 11.3 Å². The molecule has 7 heteroatoms. The second-order valence-corrected chi connectivity index (χ2v) is 5.89. The molecule has 2 aromatic carbocycles. The number of amides is 2. The minimum atomic E-state index is -0.315. The van der Waals surface area contributed by atoms with Gasteiger partial charge in [0, 0.05) is 43.6 Å². The summed E-state index contributed by atoms with van der Waals surface area (Å²) in [6.07, 6.45) is 0.220. The predicted octanol–water partition coefficient (Wildman–Crippen LogP) is 2.25. The Bertz CT molecular complexity index is 964. The smallest absolute Gasteiger partial charge is 0.251 e. The van der Waals surface area contributed by atoms with E-state index in [1.807, 2.05) is 13.1 Å². The zero-order valence-corrected chi connectivity index (χ0v) is 14.5. The molecule has 0 aliphatic rings. The van der Waals surface area contributed by atoms with E-state index in [9.17, 15) is 14.0 Å². The van der Waals surface area contributed by atoms with Crippen LogP contribution in [0, 0.1) is 5.82 Å². The second-order valence-electron chi connectivity index (χ2n) is 5.89. The molecule has 26 heavy (non-hydrogen) atoms. The van der Waals surface area contributed by atoms with Gasteiger partial charge in [-0.25, -0.2) is 4.39 Å². The summed E-state index contributed by atoms with van der Waals surface area (Å²) in [6, 6.07) is 11.4. The molecule has 0 radical (unpaired) electrons. The Morgan fingerprint density at radius 1 is 1.15 bits per heavy atom. The molecule has 3 rings (SSSR count). The molecule has 0 aliphatic heterocycles. The number of halogens is 1. The first kappa shape index (κ1) is 17.6. The van der Waals surface area contributed by atoms with E-state index in [1.165, 1.54) is 12.1 Å². The van der Waals surface area contributed by atoms with Crippen LogP contribution in [0.4, 0.5) is 4.39 Å². The molecule has 0 spiro atoms. The highest BCUT2D eigenvalue weighted by molar-refractivity contribution is 6.01. The van der Waals surface area contributed by atoms with Crippen LogP contribution in [0.5, 0.6) is 0 Å². The molecule has 3 aromatic rings. The molecule has 134 valence electrons. The van der Waals surface area contributed by atoms with Crippen molar-refractivity contribution in [3.05, 3.63) is 53.8 Å². The summed E-state index contributed by atoms with van der Waals surface area (Å²) < 4.78 is 14.9. The van der Waals surface area contributed by atoms with Crippen molar-refractivity contribution in [2.45, 2.75) is 6.42 Å². The van der Waals surface area contributed by atoms with E-state index in [2.05, 4.69) is 15.7 Å². The van der Waals surface area contributed by atoms with Crippen molar-refractivity contribution in [3.63, 3.8) is 0 Å². The third-order valence-corrected chi connectivity index (χ3v) is 4.15. The number of aromatic nitrogens is 2. The van der Waals surface area contributed by atoms with Gasteiger partial charge in [-0.15, -0.1) is 0 Å². The number of benzene rings is 2. The Balaban J connectivity index is 1.90. The standard InChI is InChI=1S/C19H19FN4O2/c1-21-17(25)9-10-22-19(26)13-5-8-16-15(11-13)18(23-24(16)2)12-3-6-14(20)7-4-12/h3-8,11H,9-10H2,1-2H3,(H,21,25)(H,22,26). The number of fused-ring (bicyclic) bond motifs is 1. The molecule has 0 saturated heterocycles. The lowest BCUT2D eigenvalue weighted by atomic mass is 10.1. The summed E-state index contributed by atoms with van der Waals surface area (Å²) in [7, 11) is 3.37. The van der Waals surface area contributed by atoms with Gasteiger partial charge in [0.05, 0.1) is 5.52 Å². The Hall–Kier alpha value is -3.22. The van der Waals surface area contributed by atoms with Crippen LogP contribution in [0.25, 0.3) is 22.2 Å². The molecular formula is C19H19FN4O2. The van der Waals surface area contributed by atoms with Crippen molar-refractivity contribution in [1.82, 2.24) is 20.4 Å². The Labute approximate surface area is 150 Å². The molecular weight excluding hydrogens is 335 g/mol. The van der Waals surface area contributed by atoms with E-state index < -0.39 is 0 Å². The van der Waals surface area contributed by atoms with E-state index in [1.54, 1.807) is 36.0 Å². The van der Waals surface area contributed by atoms with Crippen molar-refractivity contribution in [2.24, 2.45) is 7.05 Å². The fraction of sp³-hybridized carbons (Fsp3) is 0.211. The zero-order valence-electron chi connectivity index (χ0n) is 14.5. The number of hydrogen-bond donors (Lipinski definition) is 2. The van der Waals surface area contributed by atoms with Gasteiger partial charge in [0.1, 0.15) is 11.5 Å². The number of rotatable bonds is 5. The summed E-state index contributed by atoms with van der Waals surface area (Å²) in [6.45, 7) is 0.258. The van der Waals surface area contributed by atoms with E-state index in [-0.39, 0.29) is 30.6 Å². The van der Waals surface area contributed by atoms with E-state index >= 15 is 0 Å². The average Bonchev–Trinajstić information content (AvgIpc) is 2.98. The SMILES string of the molecule is CNC(=O)CCNC(=O)c1ccc2c(c1)c(-c1ccc(F)cc1)nn2C. The maximum atomic E-state index is 13.2. The summed E-state index contributed by atoms with van der Waals surface area (Å²) in [5.41, 5.74) is 2.80. The normalized spacial score (nSPS) is 10.7. The first-order chi connectivity index (χ1) is 12.5. The molecule has 2 N–H and O–H groups in total. The molecule has 1 aromatic heterocycles. The molecule has 2 amide bonds. The van der Waals surface area contributed by atoms with Crippen LogP contribution < -0.4 is 10.6 Å². The van der Waals surface area contributed by atoms with Gasteiger partial charge < -0.3 is 10.6 Å². The summed E-state index contributed by atoms with van der Waals surface area (Å²) in [5.74, 6) is -0.707. The molecule has 0 unspecified atom stereocenters. The number of nitrogens with zero attached hydrogens (tertiary/aromatic N) is 2. The van der Waals surface area contributed by atoms with Crippen molar-refractivity contribution < 1.29 is 14.0 Å². The third-order valence-electron chi connectivity index (χ3n) is 4.15. The fourth-order valence-corrected chi connectivity index (χ4v) is 2.74. The van der Waals surface area contributed by atoms with Crippen molar-refractivity contribution in [3.8, 4) is 11.3 Å². The Morgan fingerprint density at radius 3 is 2.58 bits per heavy atom. The van der Waals surface area contributed by atoms with Gasteiger partial charge in [-0.1, -0.05) is 0 Å². The number of carbonyl (C=O) groups excluding carboxylic acids is 2. The quantitative estimate of drug-likeness (QED) is 0.738. The van der Waals surface area contributed by atoms with Gasteiger partial charge in [0.15, 0.2) is 0 Å². The van der Waals surface area contributed by atoms with Crippen LogP contribution >= 0.6 is 0 Å². The fourth-order valence-electron chi connectivity index (χ4n) is 2.74. The largest absolute Gasteiger partial charge is 0.359 e. The third kappa shape index (κ3) is 3.56. The first-order valence-electron chi connectivity index (χ1n) is 8.21. The van der Waals surface area contributed by atoms with E-state index in [4.69, 9.17) is 0 Å². The minimum Gasteiger partial charge on any atom is -0.359 e. The minimum absolute atomic E-state index is 0.133. The first-order valence-corrected chi connectivity index (χ1v) is 8.21. The predicted molar refractivity (Wildman–Crippen MR) is 97.1 cm³/mol. The number of nitrogens with one attached hydrogen (secondary N) is 2. The van der Waals surface area contributed by atoms with Crippen LogP contribution in [0.2, 0.25) is 0 Å². The lowest BCUT2D eigenvalue weighted by molar-refractivity contribution is -0.120. The molecule has 0 atom stereocenters. The van der Waals surface area contributed by atoms with Gasteiger partial charge in [0.2, 0.25) is 5.91 Å². The molecule has 1 heterocycles. The number of aryl methyl sites for hydroxylation is 1. The highest BCUT2D eigenvalue weighted by Gasteiger charge is 2.14. The molecule has 0 bridgehead atoms. The lowest BCUT2D eigenvalue weighted by Crippen LogP contribution is -2.29. The monoisotopic (exact) mass is 354 g/mol. The number of carbonyl (C=O) groups is 2. The maximum Gasteiger partial charge on any atom is 0.251 e. The van der Waals surface area contributed by atoms with Gasteiger partial charge in [-0.3, -0.25) is 14.3 Å². The zero-order chi connectivity index (χ0) is 18.7. The molecule has 0 aliphatic carbocycles. The van der Waals surface area contributed by atoms with Crippen LogP contribution in [-0.4, -0.2) is 35.2 Å². The Morgan fingerprint density at radius 2 is 1.88 bits per heavy atom. The van der Waals surface area contributed by atoms with Crippen LogP contribution in [0.3, 0.4) is 0 Å². The van der Waals surface area contributed by atoms with Gasteiger partial charge in [-0.05, 0) is 42.5 Å². The molecule has 6 nitrogen and oxygen atoms in total. The highest BCUT2D eigenvalue weighted by Crippen LogP contribution is 2.28. The van der Waals surface area contributed by atoms with Gasteiger partial charge in [-0.2, -0.15) is 5.10 Å². The summed E-state index contributed by atoms with van der Waals surface area (Å²) >= 11 is 0. The van der Waals surface area contributed by atoms with E-state index in [0.717, 1.165) is 16.5 Å². The van der Waals surface area contributed by atoms with Gasteiger partial charge >= 0.3 is 0 Å². The van der Waals surface area contributed by atoms with Crippen molar-refractivity contribution in [1.29, 1.82) is 0 Å². The van der Waals surface area contributed by atoms with Crippen LogP contribution in [-0.2, 0) is 11.8 Å². The topological polar surface area (TPSA) is 76.0 Å². The lowest BCUT2D eigenvalue weighted by Gasteiger charge is -2.05. The summed E-state index contributed by atoms with van der Waals surface area (Å²) in [5, 5.41) is 10.5. The average molecular weight is 354 g/mol. The second kappa shape index (κ2) is 7.35.